The highest BCUT2D eigenvalue weighted by atomic mass is 16.4. The van der Waals surface area contributed by atoms with Crippen molar-refractivity contribution in [3.8, 4) is 0 Å². The van der Waals surface area contributed by atoms with Crippen LogP contribution in [0.25, 0.3) is 0 Å². The molecule has 2 aromatic rings. The van der Waals surface area contributed by atoms with E-state index in [2.05, 4.69) is 0 Å². The lowest BCUT2D eigenvalue weighted by Gasteiger charge is -2.02. The van der Waals surface area contributed by atoms with Crippen molar-refractivity contribution in [2.24, 2.45) is 0 Å². The molecule has 0 aliphatic carbocycles. The highest BCUT2D eigenvalue weighted by molar-refractivity contribution is 5.94. The predicted molar refractivity (Wildman–Crippen MR) is 96.5 cm³/mol. The zero-order valence-corrected chi connectivity index (χ0v) is 14.7. The Labute approximate surface area is 151 Å². The van der Waals surface area contributed by atoms with Crippen molar-refractivity contribution in [1.29, 1.82) is 0 Å². The van der Waals surface area contributed by atoms with Crippen LogP contribution in [0.2, 0.25) is 0 Å². The first-order chi connectivity index (χ1) is 12.2. The highest BCUT2D eigenvalue weighted by Gasteiger charge is 2.10. The zero-order chi connectivity index (χ0) is 19.7. The second-order valence-corrected chi connectivity index (χ2v) is 5.77. The molecule has 6 heteroatoms. The van der Waals surface area contributed by atoms with Gasteiger partial charge in [-0.05, 0) is 43.5 Å². The van der Waals surface area contributed by atoms with Crippen LogP contribution in [0.15, 0.2) is 48.5 Å². The Morgan fingerprint density at radius 2 is 1.58 bits per heavy atom. The smallest absolute Gasteiger partial charge is 0.335 e. The molecule has 0 heterocycles. The molecule has 138 valence electrons. The summed E-state index contributed by atoms with van der Waals surface area (Å²) in [7, 11) is 0. The SMILES string of the molecule is CC(O)C(=O)CCc1ccccc1.Cc1ccc(C(=O)O)cc1C(=O)O. The Bertz CT molecular complexity index is 765. The van der Waals surface area contributed by atoms with Crippen molar-refractivity contribution < 1.29 is 29.7 Å². The topological polar surface area (TPSA) is 112 Å². The van der Waals surface area contributed by atoms with Crippen LogP contribution in [0.4, 0.5) is 0 Å². The number of rotatable bonds is 6. The van der Waals surface area contributed by atoms with E-state index in [9.17, 15) is 14.4 Å². The third-order valence-electron chi connectivity index (χ3n) is 3.68. The van der Waals surface area contributed by atoms with E-state index in [0.717, 1.165) is 11.6 Å². The Morgan fingerprint density at radius 1 is 0.962 bits per heavy atom. The monoisotopic (exact) mass is 358 g/mol. The first kappa shape index (κ1) is 21.1. The highest BCUT2D eigenvalue weighted by Crippen LogP contribution is 2.11. The van der Waals surface area contributed by atoms with Gasteiger partial charge in [-0.3, -0.25) is 4.79 Å². The van der Waals surface area contributed by atoms with E-state index >= 15 is 0 Å². The minimum absolute atomic E-state index is 0.0111. The maximum absolute atomic E-state index is 11.1. The molecule has 0 radical (unpaired) electrons. The Kier molecular flexibility index (Phi) is 8.18. The van der Waals surface area contributed by atoms with Gasteiger partial charge in [0, 0.05) is 6.42 Å². The van der Waals surface area contributed by atoms with Crippen molar-refractivity contribution in [2.75, 3.05) is 0 Å². The Morgan fingerprint density at radius 3 is 2.08 bits per heavy atom. The zero-order valence-electron chi connectivity index (χ0n) is 14.7. The van der Waals surface area contributed by atoms with Crippen molar-refractivity contribution >= 4 is 17.7 Å². The van der Waals surface area contributed by atoms with Gasteiger partial charge in [-0.2, -0.15) is 0 Å². The maximum Gasteiger partial charge on any atom is 0.335 e. The van der Waals surface area contributed by atoms with Crippen LogP contribution in [-0.4, -0.2) is 39.1 Å². The van der Waals surface area contributed by atoms with E-state index in [0.29, 0.717) is 18.4 Å². The lowest BCUT2D eigenvalue weighted by Crippen LogP contribution is -2.16. The molecule has 0 bridgehead atoms. The van der Waals surface area contributed by atoms with Gasteiger partial charge in [0.25, 0.3) is 0 Å². The second kappa shape index (κ2) is 10.1. The summed E-state index contributed by atoms with van der Waals surface area (Å²) in [4.78, 5) is 32.2. The molecule has 0 fully saturated rings. The molecule has 0 aliphatic rings. The standard InChI is InChI=1S/C11H14O2.C9H8O4/c1-9(12)11(13)8-7-10-5-3-2-4-6-10;1-5-2-3-6(8(10)11)4-7(5)9(12)13/h2-6,9,12H,7-8H2,1H3;2-4H,1H3,(H,10,11)(H,12,13). The Balaban J connectivity index is 0.000000260. The van der Waals surface area contributed by atoms with Crippen molar-refractivity contribution in [1.82, 2.24) is 0 Å². The number of carbonyl (C=O) groups is 3. The number of benzene rings is 2. The number of carboxylic acid groups (broad SMARTS) is 2. The molecule has 1 unspecified atom stereocenters. The number of Topliss-reactive ketones (excluding diaryl/α,β-unsaturated/α-hetero) is 1. The molecule has 0 spiro atoms. The normalized spacial score (nSPS) is 11.0. The van der Waals surface area contributed by atoms with Crippen LogP contribution in [0.3, 0.4) is 0 Å². The fourth-order valence-electron chi connectivity index (χ4n) is 2.11. The minimum Gasteiger partial charge on any atom is -0.478 e. The molecule has 2 rings (SSSR count). The number of aliphatic hydroxyl groups excluding tert-OH is 1. The van der Waals surface area contributed by atoms with E-state index in [1.807, 2.05) is 30.3 Å². The summed E-state index contributed by atoms with van der Waals surface area (Å²) < 4.78 is 0. The molecule has 1 atom stereocenters. The number of hydrogen-bond donors (Lipinski definition) is 3. The molecular formula is C20H22O6. The van der Waals surface area contributed by atoms with Gasteiger partial charge in [-0.1, -0.05) is 36.4 Å². The summed E-state index contributed by atoms with van der Waals surface area (Å²) >= 11 is 0. The minimum atomic E-state index is -1.12. The molecule has 0 aliphatic heterocycles. The molecule has 0 saturated carbocycles. The van der Waals surface area contributed by atoms with Gasteiger partial charge < -0.3 is 15.3 Å². The molecule has 6 nitrogen and oxygen atoms in total. The van der Waals surface area contributed by atoms with Crippen molar-refractivity contribution in [3.63, 3.8) is 0 Å². The predicted octanol–water partition coefficient (Wildman–Crippen LogP) is 2.96. The van der Waals surface area contributed by atoms with E-state index in [1.165, 1.54) is 19.1 Å². The largest absolute Gasteiger partial charge is 0.478 e. The number of aryl methyl sites for hydroxylation is 2. The van der Waals surface area contributed by atoms with Gasteiger partial charge in [-0.25, -0.2) is 9.59 Å². The number of hydrogen-bond acceptors (Lipinski definition) is 4. The van der Waals surface area contributed by atoms with E-state index < -0.39 is 18.0 Å². The molecule has 3 N–H and O–H groups in total. The first-order valence-corrected chi connectivity index (χ1v) is 8.04. The number of ketones is 1. The van der Waals surface area contributed by atoms with E-state index in [1.54, 1.807) is 6.92 Å². The quantitative estimate of drug-likeness (QED) is 0.732. The van der Waals surface area contributed by atoms with Gasteiger partial charge in [-0.15, -0.1) is 0 Å². The number of aliphatic hydroxyl groups is 1. The van der Waals surface area contributed by atoms with Crippen LogP contribution < -0.4 is 0 Å². The molecule has 0 amide bonds. The summed E-state index contributed by atoms with van der Waals surface area (Å²) in [6.07, 6.45) is 0.301. The fraction of sp³-hybridized carbons (Fsp3) is 0.250. The van der Waals surface area contributed by atoms with Gasteiger partial charge >= 0.3 is 11.9 Å². The lowest BCUT2D eigenvalue weighted by molar-refractivity contribution is -0.126. The van der Waals surface area contributed by atoms with Crippen molar-refractivity contribution in [3.05, 3.63) is 70.8 Å². The fourth-order valence-corrected chi connectivity index (χ4v) is 2.11. The van der Waals surface area contributed by atoms with Crippen LogP contribution in [0, 0.1) is 6.92 Å². The van der Waals surface area contributed by atoms with Crippen LogP contribution in [0.1, 0.15) is 45.2 Å². The van der Waals surface area contributed by atoms with Crippen LogP contribution in [0.5, 0.6) is 0 Å². The van der Waals surface area contributed by atoms with Gasteiger partial charge in [0.2, 0.25) is 0 Å². The van der Waals surface area contributed by atoms with Crippen LogP contribution >= 0.6 is 0 Å². The first-order valence-electron chi connectivity index (χ1n) is 8.04. The van der Waals surface area contributed by atoms with Crippen LogP contribution in [-0.2, 0) is 11.2 Å². The van der Waals surface area contributed by atoms with Crippen molar-refractivity contribution in [2.45, 2.75) is 32.8 Å². The third kappa shape index (κ3) is 6.86. The molecule has 0 saturated heterocycles. The van der Waals surface area contributed by atoms with E-state index in [4.69, 9.17) is 15.3 Å². The molecule has 2 aromatic carbocycles. The molecular weight excluding hydrogens is 336 g/mol. The molecule has 0 aromatic heterocycles. The summed E-state index contributed by atoms with van der Waals surface area (Å²) in [5.74, 6) is -2.33. The summed E-state index contributed by atoms with van der Waals surface area (Å²) in [5.41, 5.74) is 1.71. The summed E-state index contributed by atoms with van der Waals surface area (Å²) in [6.45, 7) is 3.13. The summed E-state index contributed by atoms with van der Waals surface area (Å²) in [5, 5.41) is 26.2. The maximum atomic E-state index is 11.1. The van der Waals surface area contributed by atoms with E-state index in [-0.39, 0.29) is 16.9 Å². The average molecular weight is 358 g/mol. The second-order valence-electron chi connectivity index (χ2n) is 5.77. The Hall–Kier alpha value is -2.99. The number of carboxylic acids is 2. The average Bonchev–Trinajstić information content (AvgIpc) is 2.61. The van der Waals surface area contributed by atoms with Gasteiger partial charge in [0.1, 0.15) is 6.10 Å². The number of carbonyl (C=O) groups excluding carboxylic acids is 1. The summed E-state index contributed by atoms with van der Waals surface area (Å²) in [6, 6.07) is 13.8. The third-order valence-corrected chi connectivity index (χ3v) is 3.68. The van der Waals surface area contributed by atoms with Gasteiger partial charge in [0.05, 0.1) is 11.1 Å². The lowest BCUT2D eigenvalue weighted by atomic mass is 10.1. The number of aromatic carboxylic acids is 2. The van der Waals surface area contributed by atoms with Gasteiger partial charge in [0.15, 0.2) is 5.78 Å². The molecule has 26 heavy (non-hydrogen) atoms.